The quantitative estimate of drug-likeness (QED) is 0.521. The van der Waals surface area contributed by atoms with E-state index in [0.29, 0.717) is 12.8 Å². The first kappa shape index (κ1) is 24.6. The lowest BCUT2D eigenvalue weighted by atomic mass is 9.88. The van der Waals surface area contributed by atoms with Gasteiger partial charge in [0, 0.05) is 43.4 Å². The van der Waals surface area contributed by atoms with Crippen LogP contribution < -0.4 is 5.32 Å². The Hall–Kier alpha value is -2.57. The summed E-state index contributed by atoms with van der Waals surface area (Å²) in [5.74, 6) is -4.49. The van der Waals surface area contributed by atoms with Crippen LogP contribution in [0.4, 0.5) is 27.6 Å². The van der Waals surface area contributed by atoms with Crippen LogP contribution in [0, 0.1) is 10.2 Å². The molecule has 2 aromatic heterocycles. The van der Waals surface area contributed by atoms with Gasteiger partial charge in [0.25, 0.3) is 5.91 Å². The zero-order valence-corrected chi connectivity index (χ0v) is 19.3. The maximum absolute atomic E-state index is 14.1. The lowest BCUT2D eigenvalue weighted by Crippen LogP contribution is -2.28. The Morgan fingerprint density at radius 1 is 1.32 bits per heavy atom. The number of hydrogen-bond acceptors (Lipinski definition) is 5. The van der Waals surface area contributed by atoms with E-state index in [2.05, 4.69) is 15.4 Å². The molecule has 2 fully saturated rings. The zero-order chi connectivity index (χ0) is 25.1. The average Bonchev–Trinajstić information content (AvgIpc) is 3.40. The fourth-order valence-electron chi connectivity index (χ4n) is 4.42. The van der Waals surface area contributed by atoms with Crippen LogP contribution in [-0.2, 0) is 22.5 Å². The molecule has 1 amide bonds. The van der Waals surface area contributed by atoms with E-state index in [-0.39, 0.29) is 35.8 Å². The van der Waals surface area contributed by atoms with Gasteiger partial charge in [0.2, 0.25) is 5.92 Å². The van der Waals surface area contributed by atoms with Crippen molar-refractivity contribution in [1.29, 1.82) is 4.78 Å². The van der Waals surface area contributed by atoms with Gasteiger partial charge in [0.15, 0.2) is 0 Å². The smallest absolute Gasteiger partial charge is 0.320 e. The molecule has 0 saturated heterocycles. The molecule has 2 aromatic rings. The highest BCUT2D eigenvalue weighted by atomic mass is 32.2. The summed E-state index contributed by atoms with van der Waals surface area (Å²) < 4.78 is 90.7. The van der Waals surface area contributed by atoms with Crippen LogP contribution in [0.15, 0.2) is 23.4 Å². The van der Waals surface area contributed by atoms with Gasteiger partial charge < -0.3 is 5.32 Å². The Kier molecular flexibility index (Phi) is 5.77. The monoisotopic (exact) mass is 505 g/mol. The molecule has 0 radical (unpaired) electrons. The van der Waals surface area contributed by atoms with Gasteiger partial charge in [0.05, 0.1) is 15.4 Å². The van der Waals surface area contributed by atoms with Crippen molar-refractivity contribution in [3.05, 3.63) is 35.3 Å². The molecule has 1 unspecified atom stereocenters. The van der Waals surface area contributed by atoms with Gasteiger partial charge in [0.1, 0.15) is 16.3 Å². The molecule has 0 aromatic carbocycles. The van der Waals surface area contributed by atoms with E-state index < -0.39 is 56.7 Å². The molecular formula is C21H24F5N5O2S. The summed E-state index contributed by atoms with van der Waals surface area (Å²) in [6.07, 6.45) is -2.38. The average molecular weight is 506 g/mol. The van der Waals surface area contributed by atoms with Gasteiger partial charge >= 0.3 is 6.18 Å². The number of carbonyl (C=O) groups is 1. The number of amides is 1. The van der Waals surface area contributed by atoms with Crippen molar-refractivity contribution in [2.45, 2.75) is 68.6 Å². The predicted octanol–water partition coefficient (Wildman–Crippen LogP) is 5.29. The maximum Gasteiger partial charge on any atom is 0.420 e. The topological polar surface area (TPSA) is 101 Å². The Morgan fingerprint density at radius 3 is 2.53 bits per heavy atom. The summed E-state index contributed by atoms with van der Waals surface area (Å²) in [6.45, 7) is 1.29. The largest absolute Gasteiger partial charge is 0.420 e. The first-order chi connectivity index (χ1) is 15.6. The molecule has 2 heterocycles. The number of aromatic nitrogens is 3. The van der Waals surface area contributed by atoms with E-state index in [4.69, 9.17) is 4.78 Å². The van der Waals surface area contributed by atoms with Gasteiger partial charge in [-0.15, -0.1) is 0 Å². The molecule has 2 aliphatic carbocycles. The van der Waals surface area contributed by atoms with Crippen LogP contribution in [0.5, 0.6) is 0 Å². The van der Waals surface area contributed by atoms with Crippen molar-refractivity contribution in [3.8, 4) is 0 Å². The lowest BCUT2D eigenvalue weighted by molar-refractivity contribution is -0.138. The molecule has 186 valence electrons. The minimum absolute atomic E-state index is 0.00397. The highest BCUT2D eigenvalue weighted by Gasteiger charge is 2.50. The highest BCUT2D eigenvalue weighted by molar-refractivity contribution is 7.91. The fraction of sp³-hybridized carbons (Fsp3) is 0.571. The third-order valence-corrected chi connectivity index (χ3v) is 7.17. The maximum atomic E-state index is 14.1. The highest BCUT2D eigenvalue weighted by Crippen LogP contribution is 2.50. The standard InChI is InChI=1S/C21H24F5N5O2S/c1-19(6-7-20(22,23)10-19)11-31-17(15(21(24,25)26)16(30-31)12-3-4-12)18(32)29-13-5-8-28-14(9-13)34(2,27)33/h5,8-9,12,27H,3-4,6-7,10-11H2,1-2H3,(H,28,29,32)/t19?,34-/m0/s1. The number of nitrogens with one attached hydrogen (secondary N) is 2. The lowest BCUT2D eigenvalue weighted by Gasteiger charge is -2.25. The third kappa shape index (κ3) is 5.08. The van der Waals surface area contributed by atoms with Crippen molar-refractivity contribution in [2.75, 3.05) is 11.6 Å². The number of hydrogen-bond donors (Lipinski definition) is 2. The first-order valence-corrected chi connectivity index (χ1v) is 12.6. The fourth-order valence-corrected chi connectivity index (χ4v) is 5.03. The van der Waals surface area contributed by atoms with E-state index in [0.717, 1.165) is 17.0 Å². The van der Waals surface area contributed by atoms with Gasteiger partial charge in [-0.2, -0.15) is 18.3 Å². The SMILES string of the molecule is CC1(Cn2nc(C3CC3)c(C(F)(F)F)c2C(=O)Nc2ccnc([S@@](C)(=N)=O)c2)CCC(F)(F)C1. The van der Waals surface area contributed by atoms with Crippen molar-refractivity contribution in [3.63, 3.8) is 0 Å². The molecule has 34 heavy (non-hydrogen) atoms. The van der Waals surface area contributed by atoms with E-state index >= 15 is 0 Å². The normalized spacial score (nSPS) is 24.1. The number of rotatable bonds is 6. The summed E-state index contributed by atoms with van der Waals surface area (Å²) in [4.78, 5) is 17.0. The molecule has 0 aliphatic heterocycles. The van der Waals surface area contributed by atoms with Crippen LogP contribution in [0.25, 0.3) is 0 Å². The van der Waals surface area contributed by atoms with Gasteiger partial charge in [-0.25, -0.2) is 22.8 Å². The van der Waals surface area contributed by atoms with E-state index in [9.17, 15) is 31.0 Å². The Morgan fingerprint density at radius 2 is 2.00 bits per heavy atom. The molecule has 4 rings (SSSR count). The van der Waals surface area contributed by atoms with Crippen LogP contribution >= 0.6 is 0 Å². The molecule has 0 spiro atoms. The Labute approximate surface area is 193 Å². The Bertz CT molecular complexity index is 1240. The van der Waals surface area contributed by atoms with Crippen molar-refractivity contribution in [1.82, 2.24) is 14.8 Å². The van der Waals surface area contributed by atoms with Crippen LogP contribution in [0.1, 0.15) is 66.7 Å². The van der Waals surface area contributed by atoms with Gasteiger partial charge in [-0.05, 0) is 36.8 Å². The van der Waals surface area contributed by atoms with E-state index in [1.54, 1.807) is 6.92 Å². The number of carbonyl (C=O) groups excluding carboxylic acids is 1. The summed E-state index contributed by atoms with van der Waals surface area (Å²) in [7, 11) is -3.23. The van der Waals surface area contributed by atoms with Crippen molar-refractivity contribution < 1.29 is 31.0 Å². The molecule has 2 saturated carbocycles. The first-order valence-electron chi connectivity index (χ1n) is 10.6. The second-order valence-corrected chi connectivity index (χ2v) is 11.7. The molecule has 2 N–H and O–H groups in total. The minimum atomic E-state index is -4.88. The minimum Gasteiger partial charge on any atom is -0.320 e. The predicted molar refractivity (Wildman–Crippen MR) is 113 cm³/mol. The number of nitrogens with zero attached hydrogens (tertiary/aromatic N) is 3. The molecule has 0 bridgehead atoms. The molecule has 2 aliphatic rings. The van der Waals surface area contributed by atoms with Crippen molar-refractivity contribution >= 4 is 21.3 Å². The van der Waals surface area contributed by atoms with Crippen molar-refractivity contribution in [2.24, 2.45) is 5.41 Å². The summed E-state index contributed by atoms with van der Waals surface area (Å²) in [5.41, 5.74) is -3.17. The van der Waals surface area contributed by atoms with Crippen LogP contribution in [0.3, 0.4) is 0 Å². The van der Waals surface area contributed by atoms with Crippen LogP contribution in [-0.4, -0.2) is 37.1 Å². The van der Waals surface area contributed by atoms with E-state index in [1.165, 1.54) is 12.3 Å². The number of alkyl halides is 5. The van der Waals surface area contributed by atoms with Gasteiger partial charge in [-0.3, -0.25) is 9.48 Å². The molecule has 13 heteroatoms. The second-order valence-electron chi connectivity index (χ2n) is 9.56. The zero-order valence-electron chi connectivity index (χ0n) is 18.5. The molecular weight excluding hydrogens is 481 g/mol. The molecule has 7 nitrogen and oxygen atoms in total. The molecule has 2 atom stereocenters. The van der Waals surface area contributed by atoms with Crippen LogP contribution in [0.2, 0.25) is 0 Å². The summed E-state index contributed by atoms with van der Waals surface area (Å²) >= 11 is 0. The third-order valence-electron chi connectivity index (χ3n) is 6.15. The van der Waals surface area contributed by atoms with Gasteiger partial charge in [-0.1, -0.05) is 6.92 Å². The number of pyridine rings is 1. The number of anilines is 1. The summed E-state index contributed by atoms with van der Waals surface area (Å²) in [6, 6.07) is 2.45. The number of halogens is 5. The Balaban J connectivity index is 1.76. The second kappa shape index (κ2) is 7.99. The van der Waals surface area contributed by atoms with E-state index in [1.807, 2.05) is 0 Å². The summed E-state index contributed by atoms with van der Waals surface area (Å²) in [5, 5.41) is 6.33.